The molecule has 0 radical (unpaired) electrons. The molecule has 0 aliphatic rings. The molecule has 1 amide bonds. The van der Waals surface area contributed by atoms with Crippen LogP contribution in [-0.2, 0) is 0 Å². The van der Waals surface area contributed by atoms with Crippen LogP contribution < -0.4 is 10.6 Å². The standard InChI is InChI=1S/C14H14FN3O/c1-2-18(12-8-4-3-6-10(12)15)14(19)13-11(16)7-5-9-17-13/h3-9H,2,16H2,1H3. The maximum atomic E-state index is 13.8. The van der Waals surface area contributed by atoms with Gasteiger partial charge in [-0.05, 0) is 31.2 Å². The number of carbonyl (C=O) groups is 1. The average molecular weight is 259 g/mol. The van der Waals surface area contributed by atoms with Crippen molar-refractivity contribution in [2.75, 3.05) is 17.2 Å². The van der Waals surface area contributed by atoms with Crippen molar-refractivity contribution >= 4 is 17.3 Å². The number of nitrogens with zero attached hydrogens (tertiary/aromatic N) is 2. The Bertz CT molecular complexity index is 601. The number of para-hydroxylation sites is 1. The molecule has 0 saturated heterocycles. The van der Waals surface area contributed by atoms with Gasteiger partial charge in [-0.1, -0.05) is 12.1 Å². The van der Waals surface area contributed by atoms with Crippen molar-refractivity contribution in [1.29, 1.82) is 0 Å². The van der Waals surface area contributed by atoms with E-state index in [4.69, 9.17) is 5.73 Å². The van der Waals surface area contributed by atoms with E-state index in [0.29, 0.717) is 6.54 Å². The molecule has 19 heavy (non-hydrogen) atoms. The maximum Gasteiger partial charge on any atom is 0.279 e. The summed E-state index contributed by atoms with van der Waals surface area (Å²) in [5.41, 5.74) is 6.36. The van der Waals surface area contributed by atoms with Crippen molar-refractivity contribution in [3.05, 3.63) is 54.1 Å². The highest BCUT2D eigenvalue weighted by molar-refractivity contribution is 6.07. The van der Waals surface area contributed by atoms with Gasteiger partial charge >= 0.3 is 0 Å². The molecular weight excluding hydrogens is 245 g/mol. The van der Waals surface area contributed by atoms with Crippen molar-refractivity contribution in [2.24, 2.45) is 0 Å². The normalized spacial score (nSPS) is 10.2. The molecule has 0 aliphatic heterocycles. The van der Waals surface area contributed by atoms with Crippen LogP contribution in [0.15, 0.2) is 42.6 Å². The van der Waals surface area contributed by atoms with Gasteiger partial charge in [-0.3, -0.25) is 4.79 Å². The predicted molar refractivity (Wildman–Crippen MR) is 72.4 cm³/mol. The van der Waals surface area contributed by atoms with Gasteiger partial charge in [0.15, 0.2) is 5.69 Å². The molecule has 98 valence electrons. The topological polar surface area (TPSA) is 59.2 Å². The first-order chi connectivity index (χ1) is 9.15. The van der Waals surface area contributed by atoms with Crippen molar-refractivity contribution in [3.63, 3.8) is 0 Å². The van der Waals surface area contributed by atoms with Crippen LogP contribution in [0, 0.1) is 5.82 Å². The van der Waals surface area contributed by atoms with E-state index in [9.17, 15) is 9.18 Å². The lowest BCUT2D eigenvalue weighted by Gasteiger charge is -2.21. The minimum atomic E-state index is -0.452. The molecule has 1 heterocycles. The average Bonchev–Trinajstić information content (AvgIpc) is 2.42. The molecule has 0 aliphatic carbocycles. The Morgan fingerprint density at radius 2 is 2.05 bits per heavy atom. The van der Waals surface area contributed by atoms with Crippen molar-refractivity contribution in [2.45, 2.75) is 6.92 Å². The van der Waals surface area contributed by atoms with Gasteiger partial charge in [-0.25, -0.2) is 9.37 Å². The first-order valence-electron chi connectivity index (χ1n) is 5.92. The van der Waals surface area contributed by atoms with Gasteiger partial charge in [0.25, 0.3) is 5.91 Å². The van der Waals surface area contributed by atoms with Crippen LogP contribution in [0.4, 0.5) is 15.8 Å². The van der Waals surface area contributed by atoms with Gasteiger partial charge in [-0.15, -0.1) is 0 Å². The summed E-state index contributed by atoms with van der Waals surface area (Å²) in [5.74, 6) is -0.863. The van der Waals surface area contributed by atoms with Gasteiger partial charge in [0, 0.05) is 12.7 Å². The molecule has 0 unspecified atom stereocenters. The summed E-state index contributed by atoms with van der Waals surface area (Å²) in [6, 6.07) is 9.35. The highest BCUT2D eigenvalue weighted by Gasteiger charge is 2.21. The van der Waals surface area contributed by atoms with Gasteiger partial charge in [0.2, 0.25) is 0 Å². The quantitative estimate of drug-likeness (QED) is 0.921. The number of hydrogen-bond acceptors (Lipinski definition) is 3. The summed E-state index contributed by atoms with van der Waals surface area (Å²) in [4.78, 5) is 17.6. The van der Waals surface area contributed by atoms with Gasteiger partial charge in [-0.2, -0.15) is 0 Å². The molecule has 0 atom stereocenters. The van der Waals surface area contributed by atoms with Crippen molar-refractivity contribution in [3.8, 4) is 0 Å². The smallest absolute Gasteiger partial charge is 0.279 e. The minimum Gasteiger partial charge on any atom is -0.397 e. The fraction of sp³-hybridized carbons (Fsp3) is 0.143. The number of hydrogen-bond donors (Lipinski definition) is 1. The fourth-order valence-electron chi connectivity index (χ4n) is 1.82. The minimum absolute atomic E-state index is 0.132. The third-order valence-electron chi connectivity index (χ3n) is 2.75. The number of pyridine rings is 1. The van der Waals surface area contributed by atoms with Crippen LogP contribution in [0.25, 0.3) is 0 Å². The summed E-state index contributed by atoms with van der Waals surface area (Å²) in [7, 11) is 0. The Balaban J connectivity index is 2.41. The lowest BCUT2D eigenvalue weighted by atomic mass is 10.2. The summed E-state index contributed by atoms with van der Waals surface area (Å²) in [6.07, 6.45) is 1.48. The number of nitrogen functional groups attached to an aromatic ring is 1. The maximum absolute atomic E-state index is 13.8. The predicted octanol–water partition coefficient (Wildman–Crippen LogP) is 2.47. The number of carbonyl (C=O) groups excluding carboxylic acids is 1. The van der Waals surface area contributed by atoms with Gasteiger partial charge in [0.05, 0.1) is 11.4 Å². The fourth-order valence-corrected chi connectivity index (χ4v) is 1.82. The van der Waals surface area contributed by atoms with Crippen molar-refractivity contribution in [1.82, 2.24) is 4.98 Å². The summed E-state index contributed by atoms with van der Waals surface area (Å²) in [6.45, 7) is 2.10. The molecule has 5 heteroatoms. The van der Waals surface area contributed by atoms with Crippen LogP contribution in [0.5, 0.6) is 0 Å². The largest absolute Gasteiger partial charge is 0.397 e. The van der Waals surface area contributed by atoms with Crippen LogP contribution in [0.3, 0.4) is 0 Å². The number of rotatable bonds is 3. The molecular formula is C14H14FN3O. The second-order valence-electron chi connectivity index (χ2n) is 3.94. The summed E-state index contributed by atoms with van der Waals surface area (Å²) in [5, 5.41) is 0. The monoisotopic (exact) mass is 259 g/mol. The lowest BCUT2D eigenvalue weighted by Crippen LogP contribution is -2.32. The lowest BCUT2D eigenvalue weighted by molar-refractivity contribution is 0.0983. The SMILES string of the molecule is CCN(C(=O)c1ncccc1N)c1ccccc1F. The number of benzene rings is 1. The zero-order valence-corrected chi connectivity index (χ0v) is 10.5. The third-order valence-corrected chi connectivity index (χ3v) is 2.75. The molecule has 0 spiro atoms. The Morgan fingerprint density at radius 1 is 1.32 bits per heavy atom. The second kappa shape index (κ2) is 5.48. The van der Waals surface area contributed by atoms with Crippen LogP contribution in [-0.4, -0.2) is 17.4 Å². The van der Waals surface area contributed by atoms with Crippen LogP contribution in [0.2, 0.25) is 0 Å². The molecule has 0 fully saturated rings. The number of amides is 1. The highest BCUT2D eigenvalue weighted by Crippen LogP contribution is 2.21. The van der Waals surface area contributed by atoms with E-state index in [1.165, 1.54) is 17.2 Å². The molecule has 2 rings (SSSR count). The van der Waals surface area contributed by atoms with E-state index in [2.05, 4.69) is 4.98 Å². The van der Waals surface area contributed by atoms with E-state index in [1.807, 2.05) is 0 Å². The van der Waals surface area contributed by atoms with Gasteiger partial charge < -0.3 is 10.6 Å². The second-order valence-corrected chi connectivity index (χ2v) is 3.94. The molecule has 4 nitrogen and oxygen atoms in total. The Morgan fingerprint density at radius 3 is 2.68 bits per heavy atom. The van der Waals surface area contributed by atoms with E-state index >= 15 is 0 Å². The number of aromatic nitrogens is 1. The molecule has 0 bridgehead atoms. The third kappa shape index (κ3) is 2.54. The van der Waals surface area contributed by atoms with E-state index in [-0.39, 0.29) is 17.1 Å². The van der Waals surface area contributed by atoms with E-state index in [1.54, 1.807) is 37.3 Å². The Labute approximate surface area is 110 Å². The summed E-state index contributed by atoms with van der Waals surface area (Å²) >= 11 is 0. The molecule has 2 aromatic rings. The number of nitrogens with two attached hydrogens (primary N) is 1. The highest BCUT2D eigenvalue weighted by atomic mass is 19.1. The van der Waals surface area contributed by atoms with E-state index < -0.39 is 11.7 Å². The number of anilines is 2. The van der Waals surface area contributed by atoms with E-state index in [0.717, 1.165) is 0 Å². The zero-order chi connectivity index (χ0) is 13.8. The van der Waals surface area contributed by atoms with Gasteiger partial charge in [0.1, 0.15) is 5.82 Å². The Kier molecular flexibility index (Phi) is 3.75. The first-order valence-corrected chi connectivity index (χ1v) is 5.92. The van der Waals surface area contributed by atoms with Crippen LogP contribution >= 0.6 is 0 Å². The zero-order valence-electron chi connectivity index (χ0n) is 10.5. The number of halogens is 1. The van der Waals surface area contributed by atoms with Crippen LogP contribution in [0.1, 0.15) is 17.4 Å². The molecule has 2 N–H and O–H groups in total. The Hall–Kier alpha value is -2.43. The first kappa shape index (κ1) is 13.0. The van der Waals surface area contributed by atoms with Crippen molar-refractivity contribution < 1.29 is 9.18 Å². The summed E-state index contributed by atoms with van der Waals surface area (Å²) < 4.78 is 13.8. The molecule has 0 saturated carbocycles. The molecule has 1 aromatic heterocycles. The molecule has 1 aromatic carbocycles.